The maximum atomic E-state index is 11.8. The van der Waals surface area contributed by atoms with E-state index >= 15 is 0 Å². The van der Waals surface area contributed by atoms with Gasteiger partial charge in [-0.1, -0.05) is 6.92 Å². The molecular formula is C12H18N2O4S. The minimum absolute atomic E-state index is 0.0836. The quantitative estimate of drug-likeness (QED) is 0.788. The van der Waals surface area contributed by atoms with Gasteiger partial charge in [-0.15, -0.1) is 0 Å². The van der Waals surface area contributed by atoms with Crippen molar-refractivity contribution in [3.05, 3.63) is 18.2 Å². The molecule has 0 aromatic heterocycles. The molecule has 0 bridgehead atoms. The molecule has 0 fully saturated rings. The van der Waals surface area contributed by atoms with Crippen molar-refractivity contribution >= 4 is 27.1 Å². The molecule has 0 aliphatic heterocycles. The zero-order chi connectivity index (χ0) is 14.6. The normalized spacial score (nSPS) is 12.8. The van der Waals surface area contributed by atoms with Crippen LogP contribution in [-0.2, 0) is 14.6 Å². The van der Waals surface area contributed by atoms with Crippen LogP contribution in [0.4, 0.5) is 11.4 Å². The van der Waals surface area contributed by atoms with Crippen LogP contribution in [0.15, 0.2) is 18.2 Å². The number of nitrogen functional groups attached to an aromatic ring is 1. The first-order valence-electron chi connectivity index (χ1n) is 5.77. The molecule has 6 nitrogen and oxygen atoms in total. The molecule has 1 rings (SSSR count). The van der Waals surface area contributed by atoms with Crippen molar-refractivity contribution in [2.24, 2.45) is 0 Å². The Kier molecular flexibility index (Phi) is 4.77. The van der Waals surface area contributed by atoms with Crippen LogP contribution in [0.1, 0.15) is 13.8 Å². The molecule has 0 aliphatic carbocycles. The first-order valence-corrected chi connectivity index (χ1v) is 7.49. The van der Waals surface area contributed by atoms with Gasteiger partial charge in [0.25, 0.3) is 0 Å². The first-order chi connectivity index (χ1) is 8.81. The number of carbonyl (C=O) groups is 1. The molecule has 19 heavy (non-hydrogen) atoms. The van der Waals surface area contributed by atoms with Gasteiger partial charge in [0.05, 0.1) is 18.5 Å². The second kappa shape index (κ2) is 5.92. The lowest BCUT2D eigenvalue weighted by Crippen LogP contribution is -2.33. The summed E-state index contributed by atoms with van der Waals surface area (Å²) in [5.41, 5.74) is 6.42. The van der Waals surface area contributed by atoms with E-state index in [-0.39, 0.29) is 5.75 Å². The van der Waals surface area contributed by atoms with Crippen LogP contribution >= 0.6 is 0 Å². The van der Waals surface area contributed by atoms with Gasteiger partial charge < -0.3 is 15.8 Å². The highest BCUT2D eigenvalue weighted by atomic mass is 32.2. The summed E-state index contributed by atoms with van der Waals surface area (Å²) in [6, 6.07) is 4.75. The lowest BCUT2D eigenvalue weighted by atomic mass is 10.2. The average molecular weight is 286 g/mol. The third kappa shape index (κ3) is 3.60. The summed E-state index contributed by atoms with van der Waals surface area (Å²) in [6.45, 7) is 2.86. The third-order valence-electron chi connectivity index (χ3n) is 2.83. The fourth-order valence-corrected chi connectivity index (χ4v) is 2.31. The van der Waals surface area contributed by atoms with Crippen LogP contribution in [0.2, 0.25) is 0 Å². The van der Waals surface area contributed by atoms with E-state index in [0.29, 0.717) is 17.1 Å². The summed E-state index contributed by atoms with van der Waals surface area (Å²) in [5.74, 6) is -0.122. The van der Waals surface area contributed by atoms with Gasteiger partial charge in [0, 0.05) is 11.8 Å². The van der Waals surface area contributed by atoms with E-state index in [1.165, 1.54) is 21.0 Å². The number of nitrogens with two attached hydrogens (primary N) is 1. The third-order valence-corrected chi connectivity index (χ3v) is 4.92. The number of hydrogen-bond acceptors (Lipinski definition) is 5. The predicted octanol–water partition coefficient (Wildman–Crippen LogP) is 1.04. The molecule has 0 radical (unpaired) electrons. The van der Waals surface area contributed by atoms with Crippen LogP contribution in [0.5, 0.6) is 5.75 Å². The summed E-state index contributed by atoms with van der Waals surface area (Å²) in [7, 11) is -1.92. The monoisotopic (exact) mass is 286 g/mol. The molecule has 1 unspecified atom stereocenters. The van der Waals surface area contributed by atoms with Crippen molar-refractivity contribution in [2.75, 3.05) is 23.9 Å². The lowest BCUT2D eigenvalue weighted by Gasteiger charge is -2.14. The minimum Gasteiger partial charge on any atom is -0.497 e. The number of methoxy groups -OCH3 is 1. The summed E-state index contributed by atoms with van der Waals surface area (Å²) >= 11 is 0. The number of carbonyl (C=O) groups excluding carboxylic acids is 1. The van der Waals surface area contributed by atoms with Gasteiger partial charge in [0.15, 0.2) is 9.84 Å². The molecule has 0 spiro atoms. The number of nitrogens with one attached hydrogen (secondary N) is 1. The number of sulfone groups is 1. The fourth-order valence-electron chi connectivity index (χ4n) is 1.43. The number of rotatable bonds is 5. The Morgan fingerprint density at radius 3 is 2.58 bits per heavy atom. The van der Waals surface area contributed by atoms with Crippen molar-refractivity contribution in [2.45, 2.75) is 19.1 Å². The van der Waals surface area contributed by atoms with Crippen molar-refractivity contribution in [3.8, 4) is 5.75 Å². The molecule has 3 N–H and O–H groups in total. The Morgan fingerprint density at radius 2 is 2.11 bits per heavy atom. The number of anilines is 2. The predicted molar refractivity (Wildman–Crippen MR) is 75.0 cm³/mol. The summed E-state index contributed by atoms with van der Waals surface area (Å²) in [5, 5.41) is 1.39. The molecule has 1 aromatic rings. The highest BCUT2D eigenvalue weighted by Gasteiger charge is 2.26. The first kappa shape index (κ1) is 15.3. The largest absolute Gasteiger partial charge is 0.497 e. The van der Waals surface area contributed by atoms with Gasteiger partial charge >= 0.3 is 0 Å². The molecule has 0 aliphatic rings. The van der Waals surface area contributed by atoms with E-state index < -0.39 is 21.0 Å². The molecule has 106 valence electrons. The van der Waals surface area contributed by atoms with E-state index in [2.05, 4.69) is 5.32 Å². The summed E-state index contributed by atoms with van der Waals surface area (Å²) < 4.78 is 28.2. The van der Waals surface area contributed by atoms with Crippen LogP contribution in [0.25, 0.3) is 0 Å². The molecule has 1 aromatic carbocycles. The molecule has 0 saturated carbocycles. The summed E-state index contributed by atoms with van der Waals surface area (Å²) in [4.78, 5) is 11.8. The molecule has 1 atom stereocenters. The maximum Gasteiger partial charge on any atom is 0.242 e. The van der Waals surface area contributed by atoms with E-state index in [4.69, 9.17) is 10.5 Å². The van der Waals surface area contributed by atoms with Crippen LogP contribution in [-0.4, -0.2) is 32.4 Å². The molecule has 7 heteroatoms. The van der Waals surface area contributed by atoms with Gasteiger partial charge in [-0.2, -0.15) is 0 Å². The second-order valence-corrected chi connectivity index (χ2v) is 6.65. The van der Waals surface area contributed by atoms with E-state index in [9.17, 15) is 13.2 Å². The number of ether oxygens (including phenoxy) is 1. The van der Waals surface area contributed by atoms with E-state index in [0.717, 1.165) is 0 Å². The van der Waals surface area contributed by atoms with Crippen LogP contribution in [0, 0.1) is 0 Å². The Hall–Kier alpha value is -1.76. The maximum absolute atomic E-state index is 11.8. The number of hydrogen-bond donors (Lipinski definition) is 2. The molecular weight excluding hydrogens is 268 g/mol. The Morgan fingerprint density at radius 1 is 1.47 bits per heavy atom. The number of benzene rings is 1. The van der Waals surface area contributed by atoms with E-state index in [1.54, 1.807) is 18.2 Å². The highest BCUT2D eigenvalue weighted by molar-refractivity contribution is 7.92. The van der Waals surface area contributed by atoms with Crippen molar-refractivity contribution in [1.29, 1.82) is 0 Å². The fraction of sp³-hybridized carbons (Fsp3) is 0.417. The average Bonchev–Trinajstić information content (AvgIpc) is 2.39. The standard InChI is InChI=1S/C12H18N2O4S/c1-4-19(16,17)8(2)12(15)14-11-6-5-9(18-3)7-10(11)13/h5-8H,4,13H2,1-3H3,(H,14,15). The Bertz CT molecular complexity index is 569. The SMILES string of the molecule is CCS(=O)(=O)C(C)C(=O)Nc1ccc(OC)cc1N. The smallest absolute Gasteiger partial charge is 0.242 e. The molecule has 0 heterocycles. The zero-order valence-electron chi connectivity index (χ0n) is 11.1. The van der Waals surface area contributed by atoms with Crippen molar-refractivity contribution in [3.63, 3.8) is 0 Å². The number of amides is 1. The second-order valence-electron chi connectivity index (χ2n) is 4.04. The van der Waals surface area contributed by atoms with Crippen molar-refractivity contribution in [1.82, 2.24) is 0 Å². The van der Waals surface area contributed by atoms with Crippen LogP contribution in [0.3, 0.4) is 0 Å². The molecule has 0 saturated heterocycles. The van der Waals surface area contributed by atoms with E-state index in [1.807, 2.05) is 0 Å². The van der Waals surface area contributed by atoms with Crippen molar-refractivity contribution < 1.29 is 17.9 Å². The van der Waals surface area contributed by atoms with Gasteiger partial charge in [-0.3, -0.25) is 4.79 Å². The molecule has 1 amide bonds. The van der Waals surface area contributed by atoms with Gasteiger partial charge in [-0.25, -0.2) is 8.42 Å². The van der Waals surface area contributed by atoms with Gasteiger partial charge in [0.2, 0.25) is 5.91 Å². The van der Waals surface area contributed by atoms with Gasteiger partial charge in [-0.05, 0) is 19.1 Å². The Labute approximate surface area is 112 Å². The lowest BCUT2D eigenvalue weighted by molar-refractivity contribution is -0.115. The summed E-state index contributed by atoms with van der Waals surface area (Å²) in [6.07, 6.45) is 0. The zero-order valence-corrected chi connectivity index (χ0v) is 12.0. The topological polar surface area (TPSA) is 98.5 Å². The van der Waals surface area contributed by atoms with Gasteiger partial charge in [0.1, 0.15) is 11.0 Å². The minimum atomic E-state index is -3.42. The highest BCUT2D eigenvalue weighted by Crippen LogP contribution is 2.24. The van der Waals surface area contributed by atoms with Crippen LogP contribution < -0.4 is 15.8 Å². The Balaban J connectivity index is 2.89.